The molecule has 0 saturated heterocycles. The lowest BCUT2D eigenvalue weighted by Crippen LogP contribution is -1.93. The van der Waals surface area contributed by atoms with E-state index in [-0.39, 0.29) is 0 Å². The van der Waals surface area contributed by atoms with Crippen LogP contribution in [0.2, 0.25) is 0 Å². The number of rotatable bonds is 3. The van der Waals surface area contributed by atoms with Gasteiger partial charge in [-0.1, -0.05) is 176 Å². The smallest absolute Gasteiger partial charge is 0.00201 e. The number of fused-ring (bicyclic) bond motifs is 10. The number of hydrogen-bond acceptors (Lipinski definition) is 0. The summed E-state index contributed by atoms with van der Waals surface area (Å²) in [5.41, 5.74) is 7.50. The van der Waals surface area contributed by atoms with E-state index in [0.717, 1.165) is 0 Å². The summed E-state index contributed by atoms with van der Waals surface area (Å²) >= 11 is 0. The van der Waals surface area contributed by atoms with E-state index in [0.29, 0.717) is 0 Å². The van der Waals surface area contributed by atoms with E-state index < -0.39 is 0 Å². The van der Waals surface area contributed by atoms with Crippen LogP contribution in [0, 0.1) is 0 Å². The molecule has 0 spiro atoms. The lowest BCUT2D eigenvalue weighted by Gasteiger charge is -2.20. The standard InChI is InChI=1S/C52H32/c1-2-14-35-30-36(25-24-33(35)12-1)37-26-29-48-50(31-37)51(46-21-9-10-22-47(46)52(48)45-23-11-15-34-13-3-4-16-39(34)45)38-27-28-44-42-19-6-5-17-40(42)41-18-7-8-20-43(41)49(44)32-38/h1-32H. The molecule has 0 N–H and O–H groups in total. The molecule has 52 heavy (non-hydrogen) atoms. The molecule has 0 aliphatic carbocycles. The fraction of sp³-hybridized carbons (Fsp3) is 0. The molecule has 11 aromatic carbocycles. The van der Waals surface area contributed by atoms with Crippen molar-refractivity contribution in [1.82, 2.24) is 0 Å². The van der Waals surface area contributed by atoms with Crippen molar-refractivity contribution < 1.29 is 0 Å². The van der Waals surface area contributed by atoms with Gasteiger partial charge < -0.3 is 0 Å². The molecule has 0 fully saturated rings. The van der Waals surface area contributed by atoms with Gasteiger partial charge in [-0.15, -0.1) is 0 Å². The third-order valence-electron chi connectivity index (χ3n) is 11.2. The Morgan fingerprint density at radius 2 is 0.635 bits per heavy atom. The van der Waals surface area contributed by atoms with Crippen molar-refractivity contribution in [3.05, 3.63) is 194 Å². The zero-order valence-electron chi connectivity index (χ0n) is 28.5. The first-order chi connectivity index (χ1) is 25.8. The largest absolute Gasteiger partial charge is 0.0616 e. The lowest BCUT2D eigenvalue weighted by molar-refractivity contribution is 1.66. The maximum atomic E-state index is 2.45. The Morgan fingerprint density at radius 3 is 1.37 bits per heavy atom. The Kier molecular flexibility index (Phi) is 6.35. The predicted octanol–water partition coefficient (Wildman–Crippen LogP) is 14.8. The summed E-state index contributed by atoms with van der Waals surface area (Å²) in [7, 11) is 0. The van der Waals surface area contributed by atoms with E-state index in [1.807, 2.05) is 0 Å². The summed E-state index contributed by atoms with van der Waals surface area (Å²) in [6, 6.07) is 72.0. The highest BCUT2D eigenvalue weighted by Gasteiger charge is 2.20. The second-order valence-electron chi connectivity index (χ2n) is 14.0. The summed E-state index contributed by atoms with van der Waals surface area (Å²) in [5, 5.41) is 17.8. The molecule has 0 aromatic heterocycles. The van der Waals surface area contributed by atoms with E-state index in [1.54, 1.807) is 0 Å². The van der Waals surface area contributed by atoms with Crippen molar-refractivity contribution in [2.24, 2.45) is 0 Å². The van der Waals surface area contributed by atoms with Gasteiger partial charge in [0.1, 0.15) is 0 Å². The van der Waals surface area contributed by atoms with Crippen LogP contribution >= 0.6 is 0 Å². The maximum absolute atomic E-state index is 2.45. The molecule has 0 nitrogen and oxygen atoms in total. The van der Waals surface area contributed by atoms with E-state index >= 15 is 0 Å². The van der Waals surface area contributed by atoms with E-state index in [4.69, 9.17) is 0 Å². The zero-order valence-corrected chi connectivity index (χ0v) is 28.5. The summed E-state index contributed by atoms with van der Waals surface area (Å²) in [4.78, 5) is 0. The molecule has 0 amide bonds. The monoisotopic (exact) mass is 656 g/mol. The van der Waals surface area contributed by atoms with Crippen LogP contribution in [0.15, 0.2) is 194 Å². The average Bonchev–Trinajstić information content (AvgIpc) is 3.22. The predicted molar refractivity (Wildman–Crippen MR) is 225 cm³/mol. The van der Waals surface area contributed by atoms with Crippen molar-refractivity contribution in [3.63, 3.8) is 0 Å². The molecule has 240 valence electrons. The molecule has 0 unspecified atom stereocenters. The number of hydrogen-bond donors (Lipinski definition) is 0. The first kappa shape index (κ1) is 29.0. The fourth-order valence-corrected chi connectivity index (χ4v) is 8.83. The molecule has 0 heteroatoms. The SMILES string of the molecule is c1ccc2cc(-c3ccc4c(-c5cccc6ccccc56)c5ccccc5c(-c5ccc6c7ccccc7c7ccccc7c6c5)c4c3)ccc2c1. The molecule has 0 aliphatic rings. The van der Waals surface area contributed by atoms with E-state index in [2.05, 4.69) is 194 Å². The second-order valence-corrected chi connectivity index (χ2v) is 14.0. The Bertz CT molecular complexity index is 3200. The van der Waals surface area contributed by atoms with Gasteiger partial charge in [0.25, 0.3) is 0 Å². The minimum atomic E-state index is 1.22. The summed E-state index contributed by atoms with van der Waals surface area (Å²) in [6.45, 7) is 0. The topological polar surface area (TPSA) is 0 Å². The Morgan fingerprint density at radius 1 is 0.192 bits per heavy atom. The van der Waals surface area contributed by atoms with Crippen LogP contribution in [0.4, 0.5) is 0 Å². The molecule has 0 atom stereocenters. The highest BCUT2D eigenvalue weighted by Crippen LogP contribution is 2.47. The van der Waals surface area contributed by atoms with Crippen molar-refractivity contribution in [3.8, 4) is 33.4 Å². The molecule has 11 aromatic rings. The van der Waals surface area contributed by atoms with Crippen LogP contribution in [-0.2, 0) is 0 Å². The highest BCUT2D eigenvalue weighted by molar-refractivity contribution is 6.28. The Labute approximate surface area is 301 Å². The maximum Gasteiger partial charge on any atom is -0.00201 e. The van der Waals surface area contributed by atoms with Gasteiger partial charge in [0.15, 0.2) is 0 Å². The molecular formula is C52H32. The fourth-order valence-electron chi connectivity index (χ4n) is 8.83. The molecular weight excluding hydrogens is 625 g/mol. The zero-order chi connectivity index (χ0) is 34.2. The Hall–Kier alpha value is -6.76. The minimum Gasteiger partial charge on any atom is -0.0616 e. The number of benzene rings is 11. The summed E-state index contributed by atoms with van der Waals surface area (Å²) in [5.74, 6) is 0. The van der Waals surface area contributed by atoms with E-state index in [1.165, 1.54) is 109 Å². The van der Waals surface area contributed by atoms with Gasteiger partial charge in [-0.25, -0.2) is 0 Å². The molecule has 0 bridgehead atoms. The van der Waals surface area contributed by atoms with Crippen molar-refractivity contribution in [2.75, 3.05) is 0 Å². The van der Waals surface area contributed by atoms with Gasteiger partial charge in [-0.3, -0.25) is 0 Å². The third-order valence-corrected chi connectivity index (χ3v) is 11.2. The first-order valence-electron chi connectivity index (χ1n) is 18.1. The second kappa shape index (κ2) is 11.4. The van der Waals surface area contributed by atoms with Crippen LogP contribution in [0.1, 0.15) is 0 Å². The van der Waals surface area contributed by atoms with Crippen molar-refractivity contribution in [2.45, 2.75) is 0 Å². The lowest BCUT2D eigenvalue weighted by atomic mass is 9.83. The first-order valence-corrected chi connectivity index (χ1v) is 18.1. The van der Waals surface area contributed by atoms with Gasteiger partial charge >= 0.3 is 0 Å². The third kappa shape index (κ3) is 4.35. The normalized spacial score (nSPS) is 11.8. The molecule has 0 saturated carbocycles. The van der Waals surface area contributed by atoms with Gasteiger partial charge in [0.2, 0.25) is 0 Å². The van der Waals surface area contributed by atoms with Gasteiger partial charge in [0, 0.05) is 0 Å². The van der Waals surface area contributed by atoms with Crippen LogP contribution in [-0.4, -0.2) is 0 Å². The van der Waals surface area contributed by atoms with Crippen LogP contribution in [0.3, 0.4) is 0 Å². The van der Waals surface area contributed by atoms with Gasteiger partial charge in [-0.2, -0.15) is 0 Å². The molecule has 0 radical (unpaired) electrons. The quantitative estimate of drug-likeness (QED) is 0.131. The van der Waals surface area contributed by atoms with Crippen LogP contribution in [0.5, 0.6) is 0 Å². The summed E-state index contributed by atoms with van der Waals surface area (Å²) in [6.07, 6.45) is 0. The average molecular weight is 657 g/mol. The van der Waals surface area contributed by atoms with Gasteiger partial charge in [0.05, 0.1) is 0 Å². The Balaban J connectivity index is 1.28. The van der Waals surface area contributed by atoms with Crippen molar-refractivity contribution >= 4 is 75.4 Å². The highest BCUT2D eigenvalue weighted by atomic mass is 14.2. The molecule has 0 heterocycles. The van der Waals surface area contributed by atoms with Crippen molar-refractivity contribution in [1.29, 1.82) is 0 Å². The molecule has 11 rings (SSSR count). The minimum absolute atomic E-state index is 1.22. The van der Waals surface area contributed by atoms with E-state index in [9.17, 15) is 0 Å². The summed E-state index contributed by atoms with van der Waals surface area (Å²) < 4.78 is 0. The van der Waals surface area contributed by atoms with Crippen LogP contribution in [0.25, 0.3) is 109 Å². The van der Waals surface area contributed by atoms with Gasteiger partial charge in [-0.05, 0) is 127 Å². The van der Waals surface area contributed by atoms with Crippen LogP contribution < -0.4 is 0 Å². The molecule has 0 aliphatic heterocycles.